The van der Waals surface area contributed by atoms with Gasteiger partial charge in [-0.1, -0.05) is 158 Å². The third-order valence-electron chi connectivity index (χ3n) is 10.0. The molecule has 0 saturated heterocycles. The molecule has 1 heteroatoms. The number of furan rings is 1. The van der Waals surface area contributed by atoms with E-state index in [1.54, 1.807) is 0 Å². The third kappa shape index (κ3) is 4.40. The number of hydrogen-bond acceptors (Lipinski definition) is 1. The van der Waals surface area contributed by atoms with Crippen LogP contribution in [0.25, 0.3) is 98.8 Å². The first kappa shape index (κ1) is 27.7. The van der Waals surface area contributed by atoms with Crippen molar-refractivity contribution in [1.29, 1.82) is 0 Å². The van der Waals surface area contributed by atoms with Gasteiger partial charge in [-0.15, -0.1) is 0 Å². The number of benzene rings is 9. The third-order valence-corrected chi connectivity index (χ3v) is 10.0. The van der Waals surface area contributed by atoms with Crippen molar-refractivity contribution in [2.24, 2.45) is 0 Å². The molecule has 0 amide bonds. The largest absolute Gasteiger partial charge is 0.455 e. The molecule has 1 heterocycles. The minimum Gasteiger partial charge on any atom is -0.455 e. The first-order chi connectivity index (χ1) is 24.3. The van der Waals surface area contributed by atoms with E-state index < -0.39 is 0 Å². The molecule has 0 bridgehead atoms. The van der Waals surface area contributed by atoms with Crippen LogP contribution in [-0.2, 0) is 0 Å². The van der Waals surface area contributed by atoms with Gasteiger partial charge in [0.1, 0.15) is 11.2 Å². The lowest BCUT2D eigenvalue weighted by molar-refractivity contribution is 0.670. The molecule has 10 aromatic rings. The standard InChI is InChI=1S/C48H30O/c1-3-15-31(16-4-1)36-21-9-10-22-37(36)47-40-25-13-11-23-38(40)46(39-24-12-14-26-41(39)47)35-28-42(32-17-5-2-6-18-32)48-44(29-35)43-27-33-19-7-8-20-34(33)30-45(43)49-48/h1-30H. The van der Waals surface area contributed by atoms with E-state index in [2.05, 4.69) is 182 Å². The van der Waals surface area contributed by atoms with Crippen LogP contribution in [0.3, 0.4) is 0 Å². The molecule has 9 aromatic carbocycles. The van der Waals surface area contributed by atoms with Crippen molar-refractivity contribution in [2.45, 2.75) is 0 Å². The molecule has 10 rings (SSSR count). The molecule has 0 aliphatic carbocycles. The summed E-state index contributed by atoms with van der Waals surface area (Å²) in [5.74, 6) is 0. The van der Waals surface area contributed by atoms with Crippen molar-refractivity contribution in [3.8, 4) is 44.5 Å². The highest BCUT2D eigenvalue weighted by molar-refractivity contribution is 6.24. The molecular weight excluding hydrogens is 593 g/mol. The molecule has 1 nitrogen and oxygen atoms in total. The Morgan fingerprint density at radius 1 is 0.286 bits per heavy atom. The zero-order valence-corrected chi connectivity index (χ0v) is 26.7. The predicted molar refractivity (Wildman–Crippen MR) is 208 cm³/mol. The summed E-state index contributed by atoms with van der Waals surface area (Å²) in [4.78, 5) is 0. The average Bonchev–Trinajstić information content (AvgIpc) is 3.53. The minimum absolute atomic E-state index is 0.908. The highest BCUT2D eigenvalue weighted by Gasteiger charge is 2.21. The lowest BCUT2D eigenvalue weighted by Crippen LogP contribution is -1.93. The van der Waals surface area contributed by atoms with Gasteiger partial charge < -0.3 is 4.42 Å². The molecule has 0 atom stereocenters. The van der Waals surface area contributed by atoms with Gasteiger partial charge in [0, 0.05) is 16.3 Å². The predicted octanol–water partition coefficient (Wildman–Crippen LogP) is 13.7. The van der Waals surface area contributed by atoms with E-state index in [0.717, 1.165) is 33.1 Å². The first-order valence-electron chi connectivity index (χ1n) is 16.8. The highest BCUT2D eigenvalue weighted by atomic mass is 16.3. The van der Waals surface area contributed by atoms with Crippen LogP contribution in [0.15, 0.2) is 186 Å². The van der Waals surface area contributed by atoms with E-state index >= 15 is 0 Å². The summed E-state index contributed by atoms with van der Waals surface area (Å²) in [6.07, 6.45) is 0. The lowest BCUT2D eigenvalue weighted by atomic mass is 9.83. The SMILES string of the molecule is c1ccc(-c2ccccc2-c2c3ccccc3c(-c3cc(-c4ccccc4)c4oc5cc6ccccc6cc5c4c3)c3ccccc23)cc1. The zero-order chi connectivity index (χ0) is 32.3. The Labute approximate surface area is 284 Å². The topological polar surface area (TPSA) is 13.1 Å². The molecule has 0 aliphatic rings. The molecule has 0 N–H and O–H groups in total. The van der Waals surface area contributed by atoms with Gasteiger partial charge in [-0.3, -0.25) is 0 Å². The maximum Gasteiger partial charge on any atom is 0.143 e. The Hall–Kier alpha value is -6.44. The van der Waals surface area contributed by atoms with E-state index in [-0.39, 0.29) is 0 Å². The lowest BCUT2D eigenvalue weighted by Gasteiger charge is -2.20. The van der Waals surface area contributed by atoms with Crippen molar-refractivity contribution in [3.63, 3.8) is 0 Å². The maximum atomic E-state index is 6.74. The second-order valence-electron chi connectivity index (χ2n) is 12.8. The molecule has 0 aliphatic heterocycles. The first-order valence-corrected chi connectivity index (χ1v) is 16.8. The van der Waals surface area contributed by atoms with Crippen molar-refractivity contribution in [1.82, 2.24) is 0 Å². The van der Waals surface area contributed by atoms with Crippen LogP contribution in [0.2, 0.25) is 0 Å². The number of rotatable bonds is 4. The summed E-state index contributed by atoms with van der Waals surface area (Å²) in [7, 11) is 0. The van der Waals surface area contributed by atoms with Crippen LogP contribution in [0.4, 0.5) is 0 Å². The molecule has 0 radical (unpaired) electrons. The fraction of sp³-hybridized carbons (Fsp3) is 0. The van der Waals surface area contributed by atoms with Gasteiger partial charge in [-0.05, 0) is 95.5 Å². The van der Waals surface area contributed by atoms with Crippen molar-refractivity contribution in [2.75, 3.05) is 0 Å². The van der Waals surface area contributed by atoms with E-state index in [4.69, 9.17) is 4.42 Å². The summed E-state index contributed by atoms with van der Waals surface area (Å²) < 4.78 is 6.74. The molecule has 0 unspecified atom stereocenters. The molecule has 0 saturated carbocycles. The quantitative estimate of drug-likeness (QED) is 0.178. The Kier molecular flexibility index (Phi) is 6.25. The average molecular weight is 623 g/mol. The zero-order valence-electron chi connectivity index (χ0n) is 26.7. The van der Waals surface area contributed by atoms with Crippen molar-refractivity contribution >= 4 is 54.3 Å². The summed E-state index contributed by atoms with van der Waals surface area (Å²) in [6.45, 7) is 0. The second kappa shape index (κ2) is 11.1. The van der Waals surface area contributed by atoms with Crippen molar-refractivity contribution in [3.05, 3.63) is 182 Å². The Balaban J connectivity index is 1.33. The van der Waals surface area contributed by atoms with Crippen LogP contribution in [0.5, 0.6) is 0 Å². The van der Waals surface area contributed by atoms with Crippen LogP contribution < -0.4 is 0 Å². The highest BCUT2D eigenvalue weighted by Crippen LogP contribution is 2.48. The Morgan fingerprint density at radius 3 is 1.41 bits per heavy atom. The summed E-state index contributed by atoms with van der Waals surface area (Å²) >= 11 is 0. The molecule has 0 fully saturated rings. The van der Waals surface area contributed by atoms with Crippen LogP contribution in [0, 0.1) is 0 Å². The van der Waals surface area contributed by atoms with Gasteiger partial charge in [-0.25, -0.2) is 0 Å². The smallest absolute Gasteiger partial charge is 0.143 e. The summed E-state index contributed by atoms with van der Waals surface area (Å²) in [5.41, 5.74) is 11.4. The normalized spacial score (nSPS) is 11.7. The van der Waals surface area contributed by atoms with E-state index in [1.165, 1.54) is 65.7 Å². The minimum atomic E-state index is 0.908. The Bertz CT molecular complexity index is 2800. The van der Waals surface area contributed by atoms with E-state index in [0.29, 0.717) is 0 Å². The molecule has 49 heavy (non-hydrogen) atoms. The van der Waals surface area contributed by atoms with Crippen molar-refractivity contribution < 1.29 is 4.42 Å². The molecule has 1 aromatic heterocycles. The van der Waals surface area contributed by atoms with Gasteiger partial charge >= 0.3 is 0 Å². The fourth-order valence-electron chi connectivity index (χ4n) is 7.84. The summed E-state index contributed by atoms with van der Waals surface area (Å²) in [6, 6.07) is 65.7. The van der Waals surface area contributed by atoms with Gasteiger partial charge in [-0.2, -0.15) is 0 Å². The fourth-order valence-corrected chi connectivity index (χ4v) is 7.84. The van der Waals surface area contributed by atoms with Gasteiger partial charge in [0.25, 0.3) is 0 Å². The number of hydrogen-bond donors (Lipinski definition) is 0. The van der Waals surface area contributed by atoms with Gasteiger partial charge in [0.15, 0.2) is 0 Å². The number of fused-ring (bicyclic) bond motifs is 6. The molecule has 228 valence electrons. The van der Waals surface area contributed by atoms with Gasteiger partial charge in [0.05, 0.1) is 0 Å². The molecule has 0 spiro atoms. The van der Waals surface area contributed by atoms with E-state index in [9.17, 15) is 0 Å². The van der Waals surface area contributed by atoms with Crippen LogP contribution >= 0.6 is 0 Å². The Morgan fingerprint density at radius 2 is 0.776 bits per heavy atom. The van der Waals surface area contributed by atoms with Gasteiger partial charge in [0.2, 0.25) is 0 Å². The van der Waals surface area contributed by atoms with Crippen LogP contribution in [-0.4, -0.2) is 0 Å². The maximum absolute atomic E-state index is 6.74. The van der Waals surface area contributed by atoms with Crippen LogP contribution in [0.1, 0.15) is 0 Å². The second-order valence-corrected chi connectivity index (χ2v) is 12.8. The monoisotopic (exact) mass is 622 g/mol. The summed E-state index contributed by atoms with van der Waals surface area (Å²) in [5, 5.41) is 9.60. The molecular formula is C48H30O. The van der Waals surface area contributed by atoms with E-state index in [1.807, 2.05) is 0 Å².